The van der Waals surface area contributed by atoms with Crippen LogP contribution >= 0.6 is 0 Å². The summed E-state index contributed by atoms with van der Waals surface area (Å²) in [5.74, 6) is 1.46. The Morgan fingerprint density at radius 2 is 1.89 bits per heavy atom. The Morgan fingerprint density at radius 3 is 2.50 bits per heavy atom. The second-order valence-electron chi connectivity index (χ2n) is 7.31. The number of hydrogen-bond donors (Lipinski definition) is 2. The van der Waals surface area contributed by atoms with Crippen LogP contribution in [0.5, 0.6) is 0 Å². The van der Waals surface area contributed by atoms with E-state index in [0.29, 0.717) is 19.1 Å². The van der Waals surface area contributed by atoms with Crippen LogP contribution in [0.2, 0.25) is 0 Å². The van der Waals surface area contributed by atoms with Gasteiger partial charge in [-0.05, 0) is 44.7 Å². The van der Waals surface area contributed by atoms with Gasteiger partial charge in [0.25, 0.3) is 0 Å². The molecule has 7 nitrogen and oxygen atoms in total. The van der Waals surface area contributed by atoms with Gasteiger partial charge in [-0.1, -0.05) is 18.2 Å². The summed E-state index contributed by atoms with van der Waals surface area (Å²) >= 11 is 0. The normalized spacial score (nSPS) is 18.6. The number of ether oxygens (including phenoxy) is 1. The van der Waals surface area contributed by atoms with Crippen molar-refractivity contribution in [2.24, 2.45) is 10.9 Å². The van der Waals surface area contributed by atoms with Gasteiger partial charge in [0.05, 0.1) is 19.2 Å². The number of piperazine rings is 1. The molecule has 0 spiro atoms. The molecule has 2 N–H and O–H groups in total. The first-order valence-corrected chi connectivity index (χ1v) is 10.5. The van der Waals surface area contributed by atoms with E-state index in [2.05, 4.69) is 57.7 Å². The molecule has 1 amide bonds. The van der Waals surface area contributed by atoms with Gasteiger partial charge in [0.15, 0.2) is 5.96 Å². The van der Waals surface area contributed by atoms with Crippen molar-refractivity contribution >= 4 is 17.7 Å². The summed E-state index contributed by atoms with van der Waals surface area (Å²) in [6.07, 6.45) is 1.97. The van der Waals surface area contributed by atoms with Gasteiger partial charge in [-0.3, -0.25) is 4.99 Å². The molecule has 28 heavy (non-hydrogen) atoms. The van der Waals surface area contributed by atoms with E-state index in [9.17, 15) is 4.79 Å². The predicted octanol–water partition coefficient (Wildman–Crippen LogP) is 2.30. The topological polar surface area (TPSA) is 69.2 Å². The SMILES string of the molecule is CCNC(=NCC(NC(=O)OCC)C1CC1)N1CCN(c2ccccc2)CC1. The minimum Gasteiger partial charge on any atom is -0.450 e. The Bertz CT molecular complexity index is 639. The van der Waals surface area contributed by atoms with Gasteiger partial charge in [0, 0.05) is 38.4 Å². The zero-order chi connectivity index (χ0) is 19.8. The Labute approximate surface area is 168 Å². The molecule has 0 aromatic heterocycles. The largest absolute Gasteiger partial charge is 0.450 e. The first kappa shape index (κ1) is 20.3. The fraction of sp³-hybridized carbons (Fsp3) is 0.619. The van der Waals surface area contributed by atoms with Crippen molar-refractivity contribution in [1.82, 2.24) is 15.5 Å². The lowest BCUT2D eigenvalue weighted by molar-refractivity contribution is 0.147. The highest BCUT2D eigenvalue weighted by Gasteiger charge is 2.32. The molecule has 2 fully saturated rings. The van der Waals surface area contributed by atoms with E-state index < -0.39 is 0 Å². The summed E-state index contributed by atoms with van der Waals surface area (Å²) in [6.45, 7) is 9.53. The number of rotatable bonds is 7. The maximum absolute atomic E-state index is 11.8. The molecule has 1 aliphatic carbocycles. The highest BCUT2D eigenvalue weighted by Crippen LogP contribution is 2.32. The lowest BCUT2D eigenvalue weighted by Gasteiger charge is -2.37. The van der Waals surface area contributed by atoms with Crippen LogP contribution in [-0.4, -0.2) is 68.9 Å². The lowest BCUT2D eigenvalue weighted by Crippen LogP contribution is -2.53. The van der Waals surface area contributed by atoms with E-state index in [4.69, 9.17) is 9.73 Å². The van der Waals surface area contributed by atoms with Crippen molar-refractivity contribution in [3.8, 4) is 0 Å². The third kappa shape index (κ3) is 5.78. The zero-order valence-electron chi connectivity index (χ0n) is 17.1. The number of nitrogens with one attached hydrogen (secondary N) is 2. The summed E-state index contributed by atoms with van der Waals surface area (Å²) in [4.78, 5) is 21.4. The van der Waals surface area contributed by atoms with Crippen LogP contribution in [0.4, 0.5) is 10.5 Å². The molecule has 1 saturated heterocycles. The monoisotopic (exact) mass is 387 g/mol. The van der Waals surface area contributed by atoms with E-state index in [0.717, 1.165) is 51.5 Å². The van der Waals surface area contributed by atoms with Crippen LogP contribution in [0.25, 0.3) is 0 Å². The standard InChI is InChI=1S/C21H33N5O2/c1-3-22-20(23-16-19(17-10-11-17)24-21(27)28-4-2)26-14-12-25(13-15-26)18-8-6-5-7-9-18/h5-9,17,19H,3-4,10-16H2,1-2H3,(H,22,23)(H,24,27). The fourth-order valence-corrected chi connectivity index (χ4v) is 3.56. The molecule has 7 heteroatoms. The number of alkyl carbamates (subject to hydrolysis) is 1. The van der Waals surface area contributed by atoms with Crippen molar-refractivity contribution in [3.63, 3.8) is 0 Å². The van der Waals surface area contributed by atoms with E-state index in [1.54, 1.807) is 0 Å². The maximum atomic E-state index is 11.8. The Kier molecular flexibility index (Phi) is 7.39. The Balaban J connectivity index is 1.57. The molecular formula is C21H33N5O2. The summed E-state index contributed by atoms with van der Waals surface area (Å²) in [6, 6.07) is 10.6. The number of hydrogen-bond acceptors (Lipinski definition) is 4. The first-order chi connectivity index (χ1) is 13.7. The highest BCUT2D eigenvalue weighted by molar-refractivity contribution is 5.80. The summed E-state index contributed by atoms with van der Waals surface area (Å²) in [5.41, 5.74) is 1.27. The fourth-order valence-electron chi connectivity index (χ4n) is 3.56. The zero-order valence-corrected chi connectivity index (χ0v) is 17.1. The van der Waals surface area contributed by atoms with Gasteiger partial charge in [0.2, 0.25) is 0 Å². The molecule has 0 bridgehead atoms. The molecule has 1 heterocycles. The third-order valence-electron chi connectivity index (χ3n) is 5.24. The number of anilines is 1. The number of guanidine groups is 1. The van der Waals surface area contributed by atoms with Gasteiger partial charge >= 0.3 is 6.09 Å². The summed E-state index contributed by atoms with van der Waals surface area (Å²) in [7, 11) is 0. The third-order valence-corrected chi connectivity index (χ3v) is 5.24. The Hall–Kier alpha value is -2.44. The van der Waals surface area contributed by atoms with Crippen LogP contribution in [0, 0.1) is 5.92 Å². The van der Waals surface area contributed by atoms with Gasteiger partial charge in [-0.15, -0.1) is 0 Å². The molecule has 2 aliphatic rings. The van der Waals surface area contributed by atoms with Gasteiger partial charge in [-0.2, -0.15) is 0 Å². The molecule has 1 aromatic carbocycles. The molecule has 1 aliphatic heterocycles. The number of amides is 1. The molecule has 1 aromatic rings. The summed E-state index contributed by atoms with van der Waals surface area (Å²) < 4.78 is 5.04. The van der Waals surface area contributed by atoms with E-state index in [1.807, 2.05) is 6.92 Å². The highest BCUT2D eigenvalue weighted by atomic mass is 16.5. The minimum atomic E-state index is -0.337. The minimum absolute atomic E-state index is 0.0540. The summed E-state index contributed by atoms with van der Waals surface area (Å²) in [5, 5.41) is 6.40. The lowest BCUT2D eigenvalue weighted by atomic mass is 10.2. The first-order valence-electron chi connectivity index (χ1n) is 10.5. The van der Waals surface area contributed by atoms with Crippen LogP contribution in [-0.2, 0) is 4.74 Å². The molecule has 154 valence electrons. The Morgan fingerprint density at radius 1 is 1.18 bits per heavy atom. The molecular weight excluding hydrogens is 354 g/mol. The average Bonchev–Trinajstić information content (AvgIpc) is 3.56. The number of nitrogens with zero attached hydrogens (tertiary/aromatic N) is 3. The molecule has 1 atom stereocenters. The second-order valence-corrected chi connectivity index (χ2v) is 7.31. The van der Waals surface area contributed by atoms with Crippen LogP contribution < -0.4 is 15.5 Å². The van der Waals surface area contributed by atoms with Crippen LogP contribution in [0.15, 0.2) is 35.3 Å². The second kappa shape index (κ2) is 10.2. The average molecular weight is 388 g/mol. The van der Waals surface area contributed by atoms with Gasteiger partial charge in [0.1, 0.15) is 0 Å². The molecule has 0 radical (unpaired) electrons. The number of para-hydroxylation sites is 1. The van der Waals surface area contributed by atoms with Crippen molar-refractivity contribution in [3.05, 3.63) is 30.3 Å². The van der Waals surface area contributed by atoms with E-state index in [-0.39, 0.29) is 12.1 Å². The van der Waals surface area contributed by atoms with Crippen molar-refractivity contribution < 1.29 is 9.53 Å². The van der Waals surface area contributed by atoms with Crippen LogP contribution in [0.1, 0.15) is 26.7 Å². The molecule has 1 unspecified atom stereocenters. The quantitative estimate of drug-likeness (QED) is 0.555. The van der Waals surface area contributed by atoms with E-state index in [1.165, 1.54) is 5.69 Å². The van der Waals surface area contributed by atoms with Crippen molar-refractivity contribution in [2.45, 2.75) is 32.7 Å². The number of aliphatic imine (C=N–C) groups is 1. The molecule has 1 saturated carbocycles. The van der Waals surface area contributed by atoms with Crippen LogP contribution in [0.3, 0.4) is 0 Å². The number of carbonyl (C=O) groups excluding carboxylic acids is 1. The van der Waals surface area contributed by atoms with Crippen molar-refractivity contribution in [1.29, 1.82) is 0 Å². The number of benzene rings is 1. The number of carbonyl (C=O) groups is 1. The smallest absolute Gasteiger partial charge is 0.407 e. The maximum Gasteiger partial charge on any atom is 0.407 e. The van der Waals surface area contributed by atoms with Gasteiger partial charge < -0.3 is 25.2 Å². The molecule has 3 rings (SSSR count). The van der Waals surface area contributed by atoms with Crippen molar-refractivity contribution in [2.75, 3.05) is 50.8 Å². The predicted molar refractivity (Wildman–Crippen MR) is 113 cm³/mol. The van der Waals surface area contributed by atoms with Gasteiger partial charge in [-0.25, -0.2) is 4.79 Å². The van der Waals surface area contributed by atoms with E-state index >= 15 is 0 Å².